The number of hydrogen-bond donors (Lipinski definition) is 1. The molecule has 0 amide bonds. The van der Waals surface area contributed by atoms with E-state index in [0.717, 1.165) is 43.0 Å². The van der Waals surface area contributed by atoms with Crippen molar-refractivity contribution in [1.29, 1.82) is 0 Å². The second kappa shape index (κ2) is 7.31. The summed E-state index contributed by atoms with van der Waals surface area (Å²) in [6, 6.07) is 6.64. The van der Waals surface area contributed by atoms with E-state index in [9.17, 15) is 4.21 Å². The maximum Gasteiger partial charge on any atom is 0.0978 e. The quantitative estimate of drug-likeness (QED) is 0.693. The van der Waals surface area contributed by atoms with E-state index in [2.05, 4.69) is 45.8 Å². The summed E-state index contributed by atoms with van der Waals surface area (Å²) in [6.07, 6.45) is 6.75. The van der Waals surface area contributed by atoms with Crippen LogP contribution in [0, 0.1) is 5.41 Å². The van der Waals surface area contributed by atoms with Crippen LogP contribution in [-0.2, 0) is 27.7 Å². The molecule has 0 aliphatic heterocycles. The first-order valence-electron chi connectivity index (χ1n) is 9.69. The van der Waals surface area contributed by atoms with E-state index in [1.54, 1.807) is 0 Å². The first-order chi connectivity index (χ1) is 12.2. The minimum Gasteiger partial charge on any atom is -0.381 e. The summed E-state index contributed by atoms with van der Waals surface area (Å²) in [7, 11) is 0.708. The molecule has 0 radical (unpaired) electrons. The fourth-order valence-electron chi connectivity index (χ4n) is 5.00. The molecule has 0 bridgehead atoms. The third-order valence-electron chi connectivity index (χ3n) is 6.54. The van der Waals surface area contributed by atoms with Gasteiger partial charge < -0.3 is 4.74 Å². The maximum atomic E-state index is 13.2. The minimum atomic E-state index is -1.12. The smallest absolute Gasteiger partial charge is 0.0978 e. The van der Waals surface area contributed by atoms with E-state index < -0.39 is 11.0 Å². The van der Waals surface area contributed by atoms with Gasteiger partial charge in [-0.05, 0) is 88.0 Å². The molecule has 0 saturated heterocycles. The summed E-state index contributed by atoms with van der Waals surface area (Å²) in [5.41, 5.74) is 2.61. The predicted octanol–water partition coefficient (Wildman–Crippen LogP) is 5.24. The summed E-state index contributed by atoms with van der Waals surface area (Å²) in [5, 5.41) is 0. The molecule has 2 atom stereocenters. The fraction of sp³-hybridized carbons (Fsp3) is 0.714. The fourth-order valence-corrected chi connectivity index (χ4v) is 6.45. The highest BCUT2D eigenvalue weighted by Gasteiger charge is 2.58. The lowest BCUT2D eigenvalue weighted by atomic mass is 9.61. The molecule has 1 aromatic carbocycles. The van der Waals surface area contributed by atoms with Gasteiger partial charge in [-0.3, -0.25) is 0 Å². The van der Waals surface area contributed by atoms with Crippen molar-refractivity contribution in [2.45, 2.75) is 82.6 Å². The number of rotatable bonds is 4. The molecule has 3 rings (SSSR count). The third kappa shape index (κ3) is 3.34. The van der Waals surface area contributed by atoms with Gasteiger partial charge >= 0.3 is 0 Å². The van der Waals surface area contributed by atoms with E-state index in [0.29, 0.717) is 6.10 Å². The normalized spacial score (nSPS) is 32.6. The Balaban J connectivity index is 2.08. The van der Waals surface area contributed by atoms with E-state index in [1.165, 1.54) is 11.1 Å². The Bertz CT molecular complexity index is 692. The zero-order valence-corrected chi connectivity index (χ0v) is 19.1. The molecule has 1 fully saturated rings. The van der Waals surface area contributed by atoms with Crippen molar-refractivity contribution in [3.05, 3.63) is 33.8 Å². The first-order valence-corrected chi connectivity index (χ1v) is 11.6. The van der Waals surface area contributed by atoms with Gasteiger partial charge in [0, 0.05) is 11.6 Å². The number of ether oxygens (including phenoxy) is 1. The molecule has 2 unspecified atom stereocenters. The maximum absolute atomic E-state index is 13.2. The largest absolute Gasteiger partial charge is 0.381 e. The molecule has 2 aliphatic rings. The summed E-state index contributed by atoms with van der Waals surface area (Å²) in [6.45, 7) is 8.38. The lowest BCUT2D eigenvalue weighted by Crippen LogP contribution is -2.57. The van der Waals surface area contributed by atoms with Crippen molar-refractivity contribution < 1.29 is 8.95 Å². The zero-order valence-electron chi connectivity index (χ0n) is 16.7. The molecule has 1 N–H and O–H groups in total. The summed E-state index contributed by atoms with van der Waals surface area (Å²) in [4.78, 5) is 0. The van der Waals surface area contributed by atoms with Crippen LogP contribution in [0.25, 0.3) is 0 Å². The van der Waals surface area contributed by atoms with Gasteiger partial charge in [-0.1, -0.05) is 28.9 Å². The van der Waals surface area contributed by atoms with Crippen LogP contribution in [0.1, 0.15) is 70.9 Å². The SMILES string of the molecule is CCC1(NS(=O)C(C)(C)C)c2cc(Br)ccc2CC12CCC(OC)CC2. The van der Waals surface area contributed by atoms with Gasteiger partial charge in [-0.25, -0.2) is 8.93 Å². The molecule has 1 aromatic rings. The molecule has 5 heteroatoms. The lowest BCUT2D eigenvalue weighted by molar-refractivity contribution is -0.0102. The van der Waals surface area contributed by atoms with Crippen molar-refractivity contribution in [3.8, 4) is 0 Å². The summed E-state index contributed by atoms with van der Waals surface area (Å²) in [5.74, 6) is 0. The molecule has 3 nitrogen and oxygen atoms in total. The van der Waals surface area contributed by atoms with Crippen molar-refractivity contribution in [1.82, 2.24) is 4.72 Å². The van der Waals surface area contributed by atoms with Gasteiger partial charge in [0.1, 0.15) is 0 Å². The van der Waals surface area contributed by atoms with Crippen LogP contribution in [0.4, 0.5) is 0 Å². The van der Waals surface area contributed by atoms with Crippen molar-refractivity contribution >= 4 is 26.9 Å². The van der Waals surface area contributed by atoms with Crippen molar-refractivity contribution in [2.24, 2.45) is 5.41 Å². The van der Waals surface area contributed by atoms with Crippen molar-refractivity contribution in [3.63, 3.8) is 0 Å². The Morgan fingerprint density at radius 1 is 1.31 bits per heavy atom. The number of hydrogen-bond acceptors (Lipinski definition) is 2. The highest BCUT2D eigenvalue weighted by Crippen LogP contribution is 2.59. The molecule has 2 aliphatic carbocycles. The molecular formula is C21H32BrNO2S. The van der Waals surface area contributed by atoms with Gasteiger partial charge in [0.15, 0.2) is 0 Å². The molecule has 0 heterocycles. The minimum absolute atomic E-state index is 0.112. The number of benzene rings is 1. The summed E-state index contributed by atoms with van der Waals surface area (Å²) < 4.78 is 23.3. The average molecular weight is 442 g/mol. The van der Waals surface area contributed by atoms with Gasteiger partial charge in [0.05, 0.1) is 27.4 Å². The Kier molecular flexibility index (Phi) is 5.76. The van der Waals surface area contributed by atoms with Crippen LogP contribution in [0.5, 0.6) is 0 Å². The average Bonchev–Trinajstić information content (AvgIpc) is 2.84. The topological polar surface area (TPSA) is 38.3 Å². The Morgan fingerprint density at radius 3 is 2.50 bits per heavy atom. The molecule has 1 saturated carbocycles. The molecule has 146 valence electrons. The number of halogens is 1. The standard InChI is InChI=1S/C21H32BrNO2S/c1-6-21(23-26(24)19(2,3)4)18-13-16(22)8-7-15(18)14-20(21)11-9-17(25-5)10-12-20/h7-8,13,17,23H,6,9-12,14H2,1-5H3. The van der Waals surface area contributed by atoms with Crippen LogP contribution in [0.2, 0.25) is 0 Å². The predicted molar refractivity (Wildman–Crippen MR) is 113 cm³/mol. The molecule has 1 spiro atoms. The van der Waals surface area contributed by atoms with Gasteiger partial charge in [0.25, 0.3) is 0 Å². The van der Waals surface area contributed by atoms with E-state index in [-0.39, 0.29) is 15.7 Å². The Morgan fingerprint density at radius 2 is 1.96 bits per heavy atom. The van der Waals surface area contributed by atoms with E-state index in [1.807, 2.05) is 27.9 Å². The number of methoxy groups -OCH3 is 1. The highest BCUT2D eigenvalue weighted by atomic mass is 79.9. The van der Waals surface area contributed by atoms with Crippen LogP contribution in [0.3, 0.4) is 0 Å². The molecular weight excluding hydrogens is 410 g/mol. The van der Waals surface area contributed by atoms with Crippen LogP contribution < -0.4 is 4.72 Å². The van der Waals surface area contributed by atoms with E-state index >= 15 is 0 Å². The molecule has 26 heavy (non-hydrogen) atoms. The van der Waals surface area contributed by atoms with Gasteiger partial charge in [-0.15, -0.1) is 0 Å². The Hall–Kier alpha value is -0.230. The third-order valence-corrected chi connectivity index (χ3v) is 8.68. The highest BCUT2D eigenvalue weighted by molar-refractivity contribution is 9.10. The zero-order chi connectivity index (χ0) is 19.2. The molecule has 0 aromatic heterocycles. The van der Waals surface area contributed by atoms with Gasteiger partial charge in [0.2, 0.25) is 0 Å². The van der Waals surface area contributed by atoms with Crippen molar-refractivity contribution in [2.75, 3.05) is 7.11 Å². The Labute approximate surface area is 169 Å². The van der Waals surface area contributed by atoms with E-state index in [4.69, 9.17) is 4.74 Å². The first kappa shape index (κ1) is 20.5. The summed E-state index contributed by atoms with van der Waals surface area (Å²) >= 11 is 3.66. The monoisotopic (exact) mass is 441 g/mol. The second-order valence-electron chi connectivity index (χ2n) is 8.94. The van der Waals surface area contributed by atoms with Gasteiger partial charge in [-0.2, -0.15) is 0 Å². The van der Waals surface area contributed by atoms with Crippen LogP contribution in [-0.4, -0.2) is 22.2 Å². The van der Waals surface area contributed by atoms with Crippen LogP contribution in [0.15, 0.2) is 22.7 Å². The van der Waals surface area contributed by atoms with Crippen LogP contribution >= 0.6 is 15.9 Å². The lowest BCUT2D eigenvalue weighted by Gasteiger charge is -2.50. The number of nitrogens with one attached hydrogen (secondary N) is 1. The second-order valence-corrected chi connectivity index (χ2v) is 11.8. The number of fused-ring (bicyclic) bond motifs is 1.